The van der Waals surface area contributed by atoms with Gasteiger partial charge in [-0.1, -0.05) is 36.4 Å². The third-order valence-electron chi connectivity index (χ3n) is 7.71. The highest BCUT2D eigenvalue weighted by Crippen LogP contribution is 2.28. The van der Waals surface area contributed by atoms with E-state index in [1.165, 1.54) is 33.4 Å². The maximum absolute atomic E-state index is 14.9. The number of carbonyl (C=O) groups is 1. The number of rotatable bonds is 13. The van der Waals surface area contributed by atoms with Crippen LogP contribution in [0.2, 0.25) is 0 Å². The van der Waals surface area contributed by atoms with Crippen molar-refractivity contribution in [3.63, 3.8) is 0 Å². The van der Waals surface area contributed by atoms with Crippen LogP contribution in [0, 0.1) is 11.6 Å². The number of hydrogen-bond donors (Lipinski definition) is 1. The van der Waals surface area contributed by atoms with E-state index in [0.717, 1.165) is 12.1 Å². The summed E-state index contributed by atoms with van der Waals surface area (Å²) in [5.74, 6) is -1.24. The number of benzene rings is 3. The third-order valence-corrected chi connectivity index (χ3v) is 7.71. The molecule has 256 valence electrons. The Morgan fingerprint density at radius 2 is 1.58 bits per heavy atom. The Bertz CT molecular complexity index is 1860. The van der Waals surface area contributed by atoms with Crippen molar-refractivity contribution in [1.82, 2.24) is 29.1 Å². The number of methoxy groups -OCH3 is 1. The van der Waals surface area contributed by atoms with Crippen LogP contribution in [-0.2, 0) is 19.6 Å². The maximum Gasteiger partial charge on any atom is 0.272 e. The van der Waals surface area contributed by atoms with Gasteiger partial charge in [0.05, 0.1) is 25.0 Å². The number of amides is 1. The summed E-state index contributed by atoms with van der Waals surface area (Å²) in [6, 6.07) is 20.8. The Morgan fingerprint density at radius 3 is 2.21 bits per heavy atom. The number of fused-ring (bicyclic) bond motifs is 1. The van der Waals surface area contributed by atoms with Crippen molar-refractivity contribution in [2.75, 3.05) is 41.3 Å². The topological polar surface area (TPSA) is 84.1 Å². The highest BCUT2D eigenvalue weighted by Gasteiger charge is 2.25. The smallest absolute Gasteiger partial charge is 0.272 e. The van der Waals surface area contributed by atoms with Gasteiger partial charge >= 0.3 is 0 Å². The van der Waals surface area contributed by atoms with Gasteiger partial charge in [-0.3, -0.25) is 14.5 Å². The summed E-state index contributed by atoms with van der Waals surface area (Å²) in [4.78, 5) is 36.6. The van der Waals surface area contributed by atoms with Crippen LogP contribution in [0.4, 0.5) is 8.78 Å². The quantitative estimate of drug-likeness (QED) is 0.160. The number of imidazole rings is 1. The van der Waals surface area contributed by atoms with E-state index in [9.17, 15) is 18.4 Å². The molecule has 0 bridgehead atoms. The summed E-state index contributed by atoms with van der Waals surface area (Å²) in [6.45, 7) is 1.68. The van der Waals surface area contributed by atoms with Crippen LogP contribution in [0.1, 0.15) is 33.6 Å². The van der Waals surface area contributed by atoms with Crippen molar-refractivity contribution >= 4 is 36.5 Å². The van der Waals surface area contributed by atoms with Crippen LogP contribution in [-0.4, -0.2) is 71.0 Å². The average Bonchev–Trinajstić information content (AvgIpc) is 3.42. The molecule has 0 radical (unpaired) electrons. The van der Waals surface area contributed by atoms with Gasteiger partial charge in [-0.2, -0.15) is 0 Å². The van der Waals surface area contributed by atoms with Crippen LogP contribution < -0.4 is 15.6 Å². The van der Waals surface area contributed by atoms with E-state index in [4.69, 9.17) is 9.72 Å². The van der Waals surface area contributed by atoms with E-state index in [0.29, 0.717) is 42.2 Å². The van der Waals surface area contributed by atoms with Crippen LogP contribution in [0.5, 0.6) is 5.75 Å². The Labute approximate surface area is 291 Å². The van der Waals surface area contributed by atoms with Crippen molar-refractivity contribution in [3.8, 4) is 17.0 Å². The lowest BCUT2D eigenvalue weighted by atomic mass is 10.1. The maximum atomic E-state index is 14.9. The Morgan fingerprint density at radius 1 is 0.917 bits per heavy atom. The fraction of sp³-hybridized carbons (Fsp3) is 0.286. The van der Waals surface area contributed by atoms with Gasteiger partial charge in [-0.25, -0.2) is 18.2 Å². The summed E-state index contributed by atoms with van der Waals surface area (Å²) in [5, 5.41) is 2.83. The van der Waals surface area contributed by atoms with Crippen molar-refractivity contribution in [1.29, 1.82) is 0 Å². The lowest BCUT2D eigenvalue weighted by molar-refractivity contribution is 0.0949. The summed E-state index contributed by atoms with van der Waals surface area (Å²) in [7, 11) is 7.38. The summed E-state index contributed by atoms with van der Waals surface area (Å²) in [5.41, 5.74) is 1.91. The van der Waals surface area contributed by atoms with E-state index in [1.807, 2.05) is 73.4 Å². The van der Waals surface area contributed by atoms with E-state index >= 15 is 0 Å². The van der Waals surface area contributed by atoms with Crippen LogP contribution >= 0.6 is 24.8 Å². The molecular formula is C35H40Cl2F2N6O3. The number of carbonyl (C=O) groups excluding carboxylic acids is 1. The van der Waals surface area contributed by atoms with Crippen molar-refractivity contribution in [3.05, 3.63) is 123 Å². The number of hydrogen-bond acceptors (Lipinski definition) is 6. The van der Waals surface area contributed by atoms with Crippen LogP contribution in [0.25, 0.3) is 17.0 Å². The van der Waals surface area contributed by atoms with Crippen LogP contribution in [0.15, 0.2) is 83.8 Å². The molecule has 0 aliphatic carbocycles. The lowest BCUT2D eigenvalue weighted by Crippen LogP contribution is -2.35. The predicted octanol–water partition coefficient (Wildman–Crippen LogP) is 5.66. The molecule has 0 spiro atoms. The monoisotopic (exact) mass is 700 g/mol. The third kappa shape index (κ3) is 8.78. The van der Waals surface area contributed by atoms with Crippen molar-refractivity contribution in [2.45, 2.75) is 26.1 Å². The SMILES string of the molecule is COc1ccc(-c2nc3n(Cc4c(F)cccc4F)cc(C(=O)NCCCN(C)C)c(=O)n3c2CN(C)Cc2ccccc2)cc1.Cl.Cl. The fourth-order valence-corrected chi connectivity index (χ4v) is 5.39. The Balaban J connectivity index is 0.00000312. The second kappa shape index (κ2) is 17.2. The molecule has 0 aliphatic heterocycles. The molecule has 1 amide bonds. The highest BCUT2D eigenvalue weighted by molar-refractivity contribution is 5.93. The molecule has 3 aromatic carbocycles. The van der Waals surface area contributed by atoms with Gasteiger partial charge in [0.2, 0.25) is 5.78 Å². The molecule has 1 N–H and O–H groups in total. The summed E-state index contributed by atoms with van der Waals surface area (Å²) >= 11 is 0. The first-order valence-electron chi connectivity index (χ1n) is 15.0. The molecule has 0 atom stereocenters. The van der Waals surface area contributed by atoms with Gasteiger partial charge in [-0.15, -0.1) is 24.8 Å². The van der Waals surface area contributed by atoms with Gasteiger partial charge in [0, 0.05) is 37.0 Å². The van der Waals surface area contributed by atoms with Gasteiger partial charge < -0.3 is 19.5 Å². The molecule has 0 unspecified atom stereocenters. The number of nitrogens with one attached hydrogen (secondary N) is 1. The van der Waals surface area contributed by atoms with E-state index < -0.39 is 23.1 Å². The van der Waals surface area contributed by atoms with Crippen molar-refractivity contribution < 1.29 is 18.3 Å². The normalized spacial score (nSPS) is 11.0. The largest absolute Gasteiger partial charge is 0.497 e. The first kappa shape index (κ1) is 38.2. The standard InChI is InChI=1S/C35H38F2N6O3.2ClH/c1-40(2)19-9-18-38-33(44)28-22-42(21-27-29(36)12-8-13-30(27)37)35-39-32(25-14-16-26(46-4)17-15-25)31(43(35)34(28)45)23-41(3)20-24-10-6-5-7-11-24;;/h5-8,10-17,22H,9,18-21,23H2,1-4H3,(H,38,44);2*1H. The molecule has 9 nitrogen and oxygen atoms in total. The Hall–Kier alpha value is -4.29. The first-order chi connectivity index (χ1) is 22.2. The zero-order valence-electron chi connectivity index (χ0n) is 27.3. The van der Waals surface area contributed by atoms with Crippen LogP contribution in [0.3, 0.4) is 0 Å². The molecule has 48 heavy (non-hydrogen) atoms. The molecule has 0 aliphatic rings. The molecule has 2 aromatic heterocycles. The van der Waals surface area contributed by atoms with Gasteiger partial charge in [-0.05, 0) is 76.1 Å². The minimum Gasteiger partial charge on any atom is -0.497 e. The van der Waals surface area contributed by atoms with Crippen molar-refractivity contribution in [2.24, 2.45) is 0 Å². The summed E-state index contributed by atoms with van der Waals surface area (Å²) in [6.07, 6.45) is 2.02. The molecule has 5 rings (SSSR count). The van der Waals surface area contributed by atoms with Gasteiger partial charge in [0.15, 0.2) is 0 Å². The molecule has 2 heterocycles. The molecule has 0 saturated heterocycles. The molecule has 0 saturated carbocycles. The lowest BCUT2D eigenvalue weighted by Gasteiger charge is -2.18. The number of ether oxygens (including phenoxy) is 1. The second-order valence-electron chi connectivity index (χ2n) is 11.5. The first-order valence-corrected chi connectivity index (χ1v) is 15.0. The van der Waals surface area contributed by atoms with Gasteiger partial charge in [0.25, 0.3) is 11.5 Å². The fourth-order valence-electron chi connectivity index (χ4n) is 5.39. The molecule has 0 fully saturated rings. The number of halogens is 4. The van der Waals surface area contributed by atoms with Gasteiger partial charge in [0.1, 0.15) is 22.9 Å². The second-order valence-corrected chi connectivity index (χ2v) is 11.5. The Kier molecular flexibility index (Phi) is 13.7. The zero-order chi connectivity index (χ0) is 32.8. The minimum absolute atomic E-state index is 0. The predicted molar refractivity (Wildman–Crippen MR) is 189 cm³/mol. The van der Waals surface area contributed by atoms with E-state index in [1.54, 1.807) is 19.2 Å². The average molecular weight is 702 g/mol. The minimum atomic E-state index is -0.740. The zero-order valence-corrected chi connectivity index (χ0v) is 28.9. The van der Waals surface area contributed by atoms with E-state index in [-0.39, 0.29) is 54.8 Å². The molecular weight excluding hydrogens is 661 g/mol. The van der Waals surface area contributed by atoms with E-state index in [2.05, 4.69) is 5.32 Å². The number of nitrogens with zero attached hydrogens (tertiary/aromatic N) is 5. The number of aromatic nitrogens is 3. The summed E-state index contributed by atoms with van der Waals surface area (Å²) < 4.78 is 38.0. The highest BCUT2D eigenvalue weighted by atomic mass is 35.5. The molecule has 5 aromatic rings. The molecule has 13 heteroatoms.